The van der Waals surface area contributed by atoms with Crippen molar-refractivity contribution >= 4 is 11.9 Å². The minimum atomic E-state index is -5.08. The van der Waals surface area contributed by atoms with E-state index in [0.717, 1.165) is 37.9 Å². The van der Waals surface area contributed by atoms with Crippen LogP contribution < -0.4 is 0 Å². The van der Waals surface area contributed by atoms with Gasteiger partial charge < -0.3 is 19.5 Å². The van der Waals surface area contributed by atoms with Crippen LogP contribution >= 0.6 is 0 Å². The lowest BCUT2D eigenvalue weighted by Crippen LogP contribution is -2.36. The summed E-state index contributed by atoms with van der Waals surface area (Å²) in [4.78, 5) is 27.8. The lowest BCUT2D eigenvalue weighted by atomic mass is 9.96. The van der Waals surface area contributed by atoms with Crippen LogP contribution in [0.15, 0.2) is 36.0 Å². The second-order valence-corrected chi connectivity index (χ2v) is 8.61. The summed E-state index contributed by atoms with van der Waals surface area (Å²) in [5, 5.41) is 7.12. The van der Waals surface area contributed by atoms with Crippen LogP contribution in [0, 0.1) is 0 Å². The molecule has 2 fully saturated rings. The van der Waals surface area contributed by atoms with Gasteiger partial charge >= 0.3 is 12.1 Å². The van der Waals surface area contributed by atoms with Gasteiger partial charge in [-0.3, -0.25) is 9.78 Å². The van der Waals surface area contributed by atoms with E-state index in [2.05, 4.69) is 11.1 Å². The molecule has 1 aromatic heterocycles. The predicted molar refractivity (Wildman–Crippen MR) is 112 cm³/mol. The number of likely N-dealkylation sites (tertiary alicyclic amines) is 1. The van der Waals surface area contributed by atoms with E-state index in [4.69, 9.17) is 19.4 Å². The molecule has 0 radical (unpaired) electrons. The van der Waals surface area contributed by atoms with E-state index in [1.54, 1.807) is 6.20 Å². The van der Waals surface area contributed by atoms with Gasteiger partial charge in [0.2, 0.25) is 5.91 Å². The van der Waals surface area contributed by atoms with Crippen LogP contribution in [0.3, 0.4) is 0 Å². The third-order valence-electron chi connectivity index (χ3n) is 6.04. The second kappa shape index (κ2) is 11.1. The number of alkyl halides is 3. The number of hydrogen-bond donors (Lipinski definition) is 1. The number of aliphatic carboxylic acids is 1. The van der Waals surface area contributed by atoms with Crippen molar-refractivity contribution in [2.45, 2.75) is 69.4 Å². The van der Waals surface area contributed by atoms with Crippen LogP contribution in [-0.4, -0.2) is 64.4 Å². The monoisotopic (exact) mass is 470 g/mol. The van der Waals surface area contributed by atoms with Crippen molar-refractivity contribution in [1.82, 2.24) is 9.88 Å². The van der Waals surface area contributed by atoms with Crippen molar-refractivity contribution < 1.29 is 37.3 Å². The van der Waals surface area contributed by atoms with Gasteiger partial charge in [0, 0.05) is 32.1 Å². The number of carboxylic acids is 1. The van der Waals surface area contributed by atoms with Gasteiger partial charge in [0.1, 0.15) is 0 Å². The lowest BCUT2D eigenvalue weighted by molar-refractivity contribution is -0.192. The molecule has 33 heavy (non-hydrogen) atoms. The molecular weight excluding hydrogens is 441 g/mol. The van der Waals surface area contributed by atoms with Crippen LogP contribution in [0.4, 0.5) is 13.2 Å². The lowest BCUT2D eigenvalue weighted by Gasteiger charge is -2.24. The first kappa shape index (κ1) is 25.2. The van der Waals surface area contributed by atoms with Crippen LogP contribution in [-0.2, 0) is 25.7 Å². The first-order chi connectivity index (χ1) is 15.7. The molecule has 2 aliphatic heterocycles. The SMILES string of the molecule is O=C(CC1=CCCCC1)N1CC[C@]2(C[C@@H](OCc3ccccn3)CO2)C1.O=C(O)C(F)(F)F. The average molecular weight is 470 g/mol. The van der Waals surface area contributed by atoms with Crippen LogP contribution in [0.5, 0.6) is 0 Å². The Balaban J connectivity index is 0.000000383. The molecule has 1 aliphatic carbocycles. The molecule has 0 aromatic carbocycles. The summed E-state index contributed by atoms with van der Waals surface area (Å²) >= 11 is 0. The van der Waals surface area contributed by atoms with Gasteiger partial charge in [0.25, 0.3) is 0 Å². The molecule has 4 rings (SSSR count). The largest absolute Gasteiger partial charge is 0.490 e. The van der Waals surface area contributed by atoms with Gasteiger partial charge in [-0.05, 0) is 44.2 Å². The number of pyridine rings is 1. The summed E-state index contributed by atoms with van der Waals surface area (Å²) in [6.45, 7) is 2.64. The highest BCUT2D eigenvalue weighted by molar-refractivity contribution is 5.79. The van der Waals surface area contributed by atoms with Gasteiger partial charge in [-0.2, -0.15) is 13.2 Å². The highest BCUT2D eigenvalue weighted by atomic mass is 19.4. The maximum Gasteiger partial charge on any atom is 0.490 e. The number of carboxylic acid groups (broad SMARTS) is 1. The highest BCUT2D eigenvalue weighted by Crippen LogP contribution is 2.37. The van der Waals surface area contributed by atoms with Crippen LogP contribution in [0.2, 0.25) is 0 Å². The zero-order valence-electron chi connectivity index (χ0n) is 18.4. The van der Waals surface area contributed by atoms with Crippen LogP contribution in [0.25, 0.3) is 0 Å². The average Bonchev–Trinajstić information content (AvgIpc) is 3.40. The Hall–Kier alpha value is -2.46. The minimum absolute atomic E-state index is 0.0908. The Morgan fingerprint density at radius 3 is 2.73 bits per heavy atom. The number of carbonyl (C=O) groups excluding carboxylic acids is 1. The fourth-order valence-corrected chi connectivity index (χ4v) is 4.31. The number of nitrogens with zero attached hydrogens (tertiary/aromatic N) is 2. The first-order valence-electron chi connectivity index (χ1n) is 11.1. The number of hydrogen-bond acceptors (Lipinski definition) is 5. The van der Waals surface area contributed by atoms with E-state index < -0.39 is 12.1 Å². The van der Waals surface area contributed by atoms with Crippen molar-refractivity contribution in [3.05, 3.63) is 41.7 Å². The zero-order valence-corrected chi connectivity index (χ0v) is 18.4. The summed E-state index contributed by atoms with van der Waals surface area (Å²) in [6, 6.07) is 5.85. The fraction of sp³-hybridized carbons (Fsp3) is 0.609. The molecule has 7 nitrogen and oxygen atoms in total. The molecule has 2 atom stereocenters. The van der Waals surface area contributed by atoms with Crippen molar-refractivity contribution in [1.29, 1.82) is 0 Å². The summed E-state index contributed by atoms with van der Waals surface area (Å²) in [5.41, 5.74) is 2.06. The fourth-order valence-electron chi connectivity index (χ4n) is 4.31. The van der Waals surface area contributed by atoms with E-state index in [9.17, 15) is 18.0 Å². The molecule has 1 aromatic rings. The third-order valence-corrected chi connectivity index (χ3v) is 6.04. The van der Waals surface area contributed by atoms with Crippen molar-refractivity contribution in [2.24, 2.45) is 0 Å². The first-order valence-corrected chi connectivity index (χ1v) is 11.1. The standard InChI is InChI=1S/C21H28N2O3.C2HF3O2/c24-20(12-17-6-2-1-3-7-17)23-11-9-21(16-23)13-19(15-26-21)25-14-18-8-4-5-10-22-18;3-2(4,5)1(6)7/h4-6,8,10,19H,1-3,7,9,11-16H2;(H,6,7)/t19-,21+;/m1./s1. The van der Waals surface area contributed by atoms with E-state index >= 15 is 0 Å². The molecule has 3 heterocycles. The Labute approximate surface area is 190 Å². The van der Waals surface area contributed by atoms with Crippen molar-refractivity contribution in [3.63, 3.8) is 0 Å². The molecule has 1 spiro atoms. The maximum absolute atomic E-state index is 12.6. The Kier molecular flexibility index (Phi) is 8.47. The summed E-state index contributed by atoms with van der Waals surface area (Å²) in [6.07, 6.45) is 6.14. The number of aromatic nitrogens is 1. The Morgan fingerprint density at radius 2 is 2.09 bits per heavy atom. The summed E-state index contributed by atoms with van der Waals surface area (Å²) in [5.74, 6) is -2.50. The van der Waals surface area contributed by atoms with Gasteiger partial charge in [0.05, 0.1) is 30.6 Å². The number of allylic oxidation sites excluding steroid dienone is 1. The molecule has 10 heteroatoms. The van der Waals surface area contributed by atoms with Crippen LogP contribution in [0.1, 0.15) is 50.6 Å². The molecule has 1 N–H and O–H groups in total. The summed E-state index contributed by atoms with van der Waals surface area (Å²) in [7, 11) is 0. The number of amides is 1. The topological polar surface area (TPSA) is 89.0 Å². The molecular formula is C23H29F3N2O5. The zero-order chi connectivity index (χ0) is 23.9. The van der Waals surface area contributed by atoms with E-state index in [-0.39, 0.29) is 17.6 Å². The number of ether oxygens (including phenoxy) is 2. The number of rotatable bonds is 5. The molecule has 0 unspecified atom stereocenters. The molecule has 1 amide bonds. The smallest absolute Gasteiger partial charge is 0.475 e. The van der Waals surface area contributed by atoms with E-state index in [1.165, 1.54) is 18.4 Å². The minimum Gasteiger partial charge on any atom is -0.475 e. The van der Waals surface area contributed by atoms with Crippen molar-refractivity contribution in [3.8, 4) is 0 Å². The third kappa shape index (κ3) is 7.53. The quantitative estimate of drug-likeness (QED) is 0.657. The van der Waals surface area contributed by atoms with E-state index in [0.29, 0.717) is 26.2 Å². The van der Waals surface area contributed by atoms with Gasteiger partial charge in [-0.15, -0.1) is 0 Å². The molecule has 3 aliphatic rings. The second-order valence-electron chi connectivity index (χ2n) is 8.61. The Morgan fingerprint density at radius 1 is 1.30 bits per heavy atom. The van der Waals surface area contributed by atoms with Gasteiger partial charge in [-0.25, -0.2) is 4.79 Å². The van der Waals surface area contributed by atoms with Gasteiger partial charge in [-0.1, -0.05) is 17.7 Å². The molecule has 0 saturated carbocycles. The van der Waals surface area contributed by atoms with E-state index in [1.807, 2.05) is 23.1 Å². The normalized spacial score (nSPS) is 24.9. The summed E-state index contributed by atoms with van der Waals surface area (Å²) < 4.78 is 43.8. The molecule has 0 bridgehead atoms. The number of carbonyl (C=O) groups is 2. The highest BCUT2D eigenvalue weighted by Gasteiger charge is 2.47. The molecule has 2 saturated heterocycles. The van der Waals surface area contributed by atoms with Crippen molar-refractivity contribution in [2.75, 3.05) is 19.7 Å². The maximum atomic E-state index is 12.6. The Bertz CT molecular complexity index is 846. The molecule has 182 valence electrons. The van der Waals surface area contributed by atoms with Gasteiger partial charge in [0.15, 0.2) is 0 Å². The number of halogens is 3. The predicted octanol–water partition coefficient (Wildman–Crippen LogP) is 3.88.